The number of carbonyl (C=O) groups is 2. The van der Waals surface area contributed by atoms with Crippen LogP contribution in [0.1, 0.15) is 57.8 Å². The van der Waals surface area contributed by atoms with Crippen LogP contribution in [0.5, 0.6) is 0 Å². The first kappa shape index (κ1) is 21.5. The van der Waals surface area contributed by atoms with Crippen LogP contribution in [0.3, 0.4) is 0 Å². The number of fused-ring (bicyclic) bond motifs is 1. The van der Waals surface area contributed by atoms with Gasteiger partial charge in [-0.3, -0.25) is 4.79 Å². The molecule has 2 aliphatic heterocycles. The van der Waals surface area contributed by atoms with Crippen molar-refractivity contribution in [3.8, 4) is 0 Å². The van der Waals surface area contributed by atoms with Crippen molar-refractivity contribution < 1.29 is 9.59 Å². The second kappa shape index (κ2) is 9.28. The molecule has 4 fully saturated rings. The highest BCUT2D eigenvalue weighted by atomic mass is 16.2. The van der Waals surface area contributed by atoms with Crippen LogP contribution in [0.4, 0.5) is 10.6 Å². The van der Waals surface area contributed by atoms with Crippen molar-refractivity contribution in [1.29, 1.82) is 0 Å². The minimum Gasteiger partial charge on any atom is -0.355 e. The minimum atomic E-state index is -0.452. The van der Waals surface area contributed by atoms with Gasteiger partial charge < -0.3 is 20.4 Å². The molecule has 7 heteroatoms. The lowest BCUT2D eigenvalue weighted by Gasteiger charge is -2.33. The van der Waals surface area contributed by atoms with E-state index in [0.717, 1.165) is 51.1 Å². The van der Waals surface area contributed by atoms with Crippen molar-refractivity contribution in [3.05, 3.63) is 24.4 Å². The number of likely N-dealkylation sites (tertiary alicyclic amines) is 1. The van der Waals surface area contributed by atoms with Crippen LogP contribution in [0.25, 0.3) is 0 Å². The number of urea groups is 1. The summed E-state index contributed by atoms with van der Waals surface area (Å²) in [6.45, 7) is 3.61. The van der Waals surface area contributed by atoms with E-state index >= 15 is 0 Å². The standard InChI is InChI=1S/C25H37N5O2/c31-23(27-15-19-10-11-19)25-12-6-14-29(24(32)28-21-7-2-1-3-8-21)16-20(25)17-30(18-25)22-9-4-5-13-26-22/h4-5,9,13,19-21H,1-3,6-8,10-12,14-18H2,(H,27,31)(H,28,32)/t20-,25-/m0/s1. The van der Waals surface area contributed by atoms with Gasteiger partial charge in [-0.25, -0.2) is 9.78 Å². The number of hydrogen-bond acceptors (Lipinski definition) is 4. The lowest BCUT2D eigenvalue weighted by atomic mass is 9.74. The molecule has 0 aromatic carbocycles. The third-order valence-corrected chi connectivity index (χ3v) is 8.08. The first-order valence-electron chi connectivity index (χ1n) is 12.6. The molecule has 2 saturated heterocycles. The lowest BCUT2D eigenvalue weighted by molar-refractivity contribution is -0.132. The molecule has 2 saturated carbocycles. The van der Waals surface area contributed by atoms with Crippen LogP contribution < -0.4 is 15.5 Å². The SMILES string of the molecule is O=C(NC1CCCCC1)N1CCC[C@]2(C(=O)NCC3CC3)CN(c3ccccn3)C[C@@H]2C1. The molecule has 4 aliphatic rings. The van der Waals surface area contributed by atoms with Gasteiger partial charge in [0.15, 0.2) is 0 Å². The Morgan fingerprint density at radius 3 is 2.66 bits per heavy atom. The summed E-state index contributed by atoms with van der Waals surface area (Å²) in [6.07, 6.45) is 11.8. The van der Waals surface area contributed by atoms with Gasteiger partial charge in [0.1, 0.15) is 5.82 Å². The molecule has 1 aromatic heterocycles. The normalized spacial score (nSPS) is 28.7. The largest absolute Gasteiger partial charge is 0.355 e. The predicted octanol–water partition coefficient (Wildman–Crippen LogP) is 3.17. The number of rotatable bonds is 5. The van der Waals surface area contributed by atoms with Crippen LogP contribution in [-0.2, 0) is 4.79 Å². The summed E-state index contributed by atoms with van der Waals surface area (Å²) in [7, 11) is 0. The predicted molar refractivity (Wildman–Crippen MR) is 124 cm³/mol. The van der Waals surface area contributed by atoms with Gasteiger partial charge in [-0.1, -0.05) is 25.3 Å². The van der Waals surface area contributed by atoms with Crippen LogP contribution in [-0.4, -0.2) is 60.6 Å². The molecule has 174 valence electrons. The molecule has 1 aromatic rings. The molecule has 2 N–H and O–H groups in total. The van der Waals surface area contributed by atoms with E-state index in [1.807, 2.05) is 29.3 Å². The first-order valence-corrected chi connectivity index (χ1v) is 12.6. The molecule has 32 heavy (non-hydrogen) atoms. The average Bonchev–Trinajstić information content (AvgIpc) is 3.61. The molecule has 0 unspecified atom stereocenters. The second-order valence-electron chi connectivity index (χ2n) is 10.4. The highest BCUT2D eigenvalue weighted by Gasteiger charge is 2.54. The van der Waals surface area contributed by atoms with Crippen molar-refractivity contribution in [2.75, 3.05) is 37.6 Å². The zero-order valence-electron chi connectivity index (χ0n) is 19.1. The van der Waals surface area contributed by atoms with Gasteiger partial charge in [0.05, 0.1) is 5.41 Å². The fourth-order valence-corrected chi connectivity index (χ4v) is 5.95. The number of nitrogens with one attached hydrogen (secondary N) is 2. The number of amides is 3. The quantitative estimate of drug-likeness (QED) is 0.739. The Morgan fingerprint density at radius 2 is 1.91 bits per heavy atom. The Hall–Kier alpha value is -2.31. The van der Waals surface area contributed by atoms with Crippen molar-refractivity contribution in [2.45, 2.75) is 63.8 Å². The lowest BCUT2D eigenvalue weighted by Crippen LogP contribution is -2.50. The summed E-state index contributed by atoms with van der Waals surface area (Å²) in [6, 6.07) is 6.31. The molecule has 0 radical (unpaired) electrons. The third-order valence-electron chi connectivity index (χ3n) is 8.08. The monoisotopic (exact) mass is 439 g/mol. The summed E-state index contributed by atoms with van der Waals surface area (Å²) in [5, 5.41) is 6.57. The van der Waals surface area contributed by atoms with Gasteiger partial charge in [0.2, 0.25) is 5.91 Å². The highest BCUT2D eigenvalue weighted by molar-refractivity contribution is 5.85. The number of pyridine rings is 1. The first-order chi connectivity index (χ1) is 15.6. The summed E-state index contributed by atoms with van der Waals surface area (Å²) in [5.74, 6) is 1.88. The fourth-order valence-electron chi connectivity index (χ4n) is 5.95. The molecule has 7 nitrogen and oxygen atoms in total. The van der Waals surface area contributed by atoms with E-state index in [4.69, 9.17) is 0 Å². The number of carbonyl (C=O) groups excluding carboxylic acids is 2. The smallest absolute Gasteiger partial charge is 0.317 e. The van der Waals surface area contributed by atoms with Gasteiger partial charge in [0, 0.05) is 50.9 Å². The Labute approximate surface area is 191 Å². The third kappa shape index (κ3) is 4.57. The molecule has 3 amide bonds. The molecule has 2 aliphatic carbocycles. The molecular weight excluding hydrogens is 402 g/mol. The Balaban J connectivity index is 1.32. The van der Waals surface area contributed by atoms with Gasteiger partial charge in [-0.05, 0) is 56.6 Å². The van der Waals surface area contributed by atoms with Crippen molar-refractivity contribution in [3.63, 3.8) is 0 Å². The van der Waals surface area contributed by atoms with Gasteiger partial charge in [-0.2, -0.15) is 0 Å². The van der Waals surface area contributed by atoms with E-state index < -0.39 is 5.41 Å². The summed E-state index contributed by atoms with van der Waals surface area (Å²) in [5.41, 5.74) is -0.452. The fraction of sp³-hybridized carbons (Fsp3) is 0.720. The molecule has 2 atom stereocenters. The van der Waals surface area contributed by atoms with E-state index in [1.165, 1.54) is 32.1 Å². The highest BCUT2D eigenvalue weighted by Crippen LogP contribution is 2.44. The van der Waals surface area contributed by atoms with Crippen molar-refractivity contribution in [2.24, 2.45) is 17.3 Å². The van der Waals surface area contributed by atoms with Crippen molar-refractivity contribution >= 4 is 17.8 Å². The van der Waals surface area contributed by atoms with Gasteiger partial charge in [-0.15, -0.1) is 0 Å². The molecular formula is C25H37N5O2. The Morgan fingerprint density at radius 1 is 1.06 bits per heavy atom. The summed E-state index contributed by atoms with van der Waals surface area (Å²) in [4.78, 5) is 35.5. The molecule has 0 spiro atoms. The average molecular weight is 440 g/mol. The van der Waals surface area contributed by atoms with E-state index in [0.29, 0.717) is 25.0 Å². The Bertz CT molecular complexity index is 808. The van der Waals surface area contributed by atoms with E-state index in [1.54, 1.807) is 0 Å². The Kier molecular flexibility index (Phi) is 6.24. The number of nitrogens with zero attached hydrogens (tertiary/aromatic N) is 3. The van der Waals surface area contributed by atoms with Crippen LogP contribution >= 0.6 is 0 Å². The topological polar surface area (TPSA) is 77.6 Å². The minimum absolute atomic E-state index is 0.0578. The second-order valence-corrected chi connectivity index (χ2v) is 10.4. The zero-order chi connectivity index (χ0) is 22.0. The van der Waals surface area contributed by atoms with Crippen LogP contribution in [0.2, 0.25) is 0 Å². The summed E-state index contributed by atoms with van der Waals surface area (Å²) >= 11 is 0. The maximum atomic E-state index is 13.6. The van der Waals surface area contributed by atoms with Gasteiger partial charge >= 0.3 is 6.03 Å². The number of anilines is 1. The number of aromatic nitrogens is 1. The van der Waals surface area contributed by atoms with Crippen LogP contribution in [0, 0.1) is 17.3 Å². The number of hydrogen-bond donors (Lipinski definition) is 2. The van der Waals surface area contributed by atoms with Crippen LogP contribution in [0.15, 0.2) is 24.4 Å². The summed E-state index contributed by atoms with van der Waals surface area (Å²) < 4.78 is 0. The van der Waals surface area contributed by atoms with E-state index in [9.17, 15) is 9.59 Å². The molecule has 3 heterocycles. The zero-order valence-corrected chi connectivity index (χ0v) is 19.1. The van der Waals surface area contributed by atoms with Gasteiger partial charge in [0.25, 0.3) is 0 Å². The molecule has 0 bridgehead atoms. The van der Waals surface area contributed by atoms with Crippen molar-refractivity contribution in [1.82, 2.24) is 20.5 Å². The molecule has 5 rings (SSSR count). The van der Waals surface area contributed by atoms with E-state index in [-0.39, 0.29) is 17.9 Å². The van der Waals surface area contributed by atoms with E-state index in [2.05, 4.69) is 20.5 Å². The maximum Gasteiger partial charge on any atom is 0.317 e. The maximum absolute atomic E-state index is 13.6.